The van der Waals surface area contributed by atoms with Crippen LogP contribution in [0.25, 0.3) is 0 Å². The largest absolute Gasteiger partial charge is 0.326 e. The van der Waals surface area contributed by atoms with Crippen molar-refractivity contribution in [3.05, 3.63) is 64.2 Å². The Kier molecular flexibility index (Phi) is 7.29. The molecule has 0 unspecified atom stereocenters. The molecule has 0 bridgehead atoms. The fourth-order valence-corrected chi connectivity index (χ4v) is 2.88. The Labute approximate surface area is 160 Å². The number of nitrogens with one attached hydrogen (secondary N) is 2. The molecule has 2 rings (SSSR count). The highest BCUT2D eigenvalue weighted by Gasteiger charge is 2.06. The lowest BCUT2D eigenvalue weighted by Gasteiger charge is -2.07. The molecule has 2 N–H and O–H groups in total. The minimum absolute atomic E-state index is 0.0116. The molecular weight excluding hydrogens is 338 g/mol. The van der Waals surface area contributed by atoms with Crippen molar-refractivity contribution in [3.8, 4) is 0 Å². The van der Waals surface area contributed by atoms with Crippen LogP contribution in [0.3, 0.4) is 0 Å². The summed E-state index contributed by atoms with van der Waals surface area (Å²) in [6.45, 7) is 8.15. The van der Waals surface area contributed by atoms with Gasteiger partial charge in [0.05, 0.1) is 6.21 Å². The Morgan fingerprint density at radius 3 is 2.26 bits per heavy atom. The molecule has 0 saturated carbocycles. The van der Waals surface area contributed by atoms with Crippen molar-refractivity contribution >= 4 is 23.7 Å². The molecule has 0 aliphatic rings. The van der Waals surface area contributed by atoms with Gasteiger partial charge in [0, 0.05) is 23.2 Å². The minimum atomic E-state index is -0.294. The van der Waals surface area contributed by atoms with Gasteiger partial charge in [-0.05, 0) is 62.6 Å². The average Bonchev–Trinajstić information content (AvgIpc) is 2.62. The molecular formula is C22H27N3O2. The molecule has 0 radical (unpaired) electrons. The number of anilines is 1. The Hall–Kier alpha value is -2.95. The van der Waals surface area contributed by atoms with E-state index in [0.717, 1.165) is 29.5 Å². The average molecular weight is 365 g/mol. The molecule has 0 aliphatic heterocycles. The summed E-state index contributed by atoms with van der Waals surface area (Å²) in [4.78, 5) is 24.0. The van der Waals surface area contributed by atoms with Crippen LogP contribution in [0, 0.1) is 20.8 Å². The molecule has 2 amide bonds. The van der Waals surface area contributed by atoms with Gasteiger partial charge in [0.15, 0.2) is 0 Å². The maximum atomic E-state index is 12.2. The second-order valence-corrected chi connectivity index (χ2v) is 6.74. The lowest BCUT2D eigenvalue weighted by molar-refractivity contribution is -0.116. The minimum Gasteiger partial charge on any atom is -0.326 e. The molecule has 2 aromatic rings. The van der Waals surface area contributed by atoms with Gasteiger partial charge in [-0.2, -0.15) is 5.10 Å². The zero-order chi connectivity index (χ0) is 19.8. The van der Waals surface area contributed by atoms with Gasteiger partial charge >= 0.3 is 0 Å². The molecule has 0 heterocycles. The van der Waals surface area contributed by atoms with Crippen molar-refractivity contribution < 1.29 is 9.59 Å². The number of unbranched alkanes of at least 4 members (excludes halogenated alkanes) is 1. The third-order valence-corrected chi connectivity index (χ3v) is 4.29. The number of carbonyl (C=O) groups is 2. The number of hydrazone groups is 1. The summed E-state index contributed by atoms with van der Waals surface area (Å²) in [7, 11) is 0. The summed E-state index contributed by atoms with van der Waals surface area (Å²) in [5.74, 6) is -0.306. The van der Waals surface area contributed by atoms with E-state index >= 15 is 0 Å². The molecule has 0 aromatic heterocycles. The van der Waals surface area contributed by atoms with E-state index in [-0.39, 0.29) is 11.8 Å². The summed E-state index contributed by atoms with van der Waals surface area (Å²) in [6, 6.07) is 11.0. The molecule has 0 atom stereocenters. The van der Waals surface area contributed by atoms with Crippen LogP contribution in [0.1, 0.15) is 58.8 Å². The van der Waals surface area contributed by atoms with Gasteiger partial charge < -0.3 is 5.32 Å². The number of carbonyl (C=O) groups excluding carboxylic acids is 2. The fraction of sp³-hybridized carbons (Fsp3) is 0.318. The van der Waals surface area contributed by atoms with E-state index in [2.05, 4.69) is 34.9 Å². The monoisotopic (exact) mass is 365 g/mol. The summed E-state index contributed by atoms with van der Waals surface area (Å²) in [5, 5.41) is 6.90. The maximum absolute atomic E-state index is 12.2. The van der Waals surface area contributed by atoms with Crippen molar-refractivity contribution in [3.63, 3.8) is 0 Å². The highest BCUT2D eigenvalue weighted by molar-refractivity contribution is 5.96. The zero-order valence-corrected chi connectivity index (χ0v) is 16.4. The number of nitrogens with zero attached hydrogens (tertiary/aromatic N) is 1. The highest BCUT2D eigenvalue weighted by atomic mass is 16.2. The predicted molar refractivity (Wildman–Crippen MR) is 110 cm³/mol. The first kappa shape index (κ1) is 20.4. The molecule has 0 aliphatic carbocycles. The molecule has 27 heavy (non-hydrogen) atoms. The van der Waals surface area contributed by atoms with Gasteiger partial charge in [-0.3, -0.25) is 9.59 Å². The normalized spacial score (nSPS) is 10.8. The molecule has 0 saturated heterocycles. The summed E-state index contributed by atoms with van der Waals surface area (Å²) in [5.41, 5.74) is 8.16. The fourth-order valence-electron chi connectivity index (χ4n) is 2.88. The number of rotatable bonds is 7. The highest BCUT2D eigenvalue weighted by Crippen LogP contribution is 2.14. The van der Waals surface area contributed by atoms with Crippen LogP contribution < -0.4 is 10.7 Å². The second kappa shape index (κ2) is 9.67. The molecule has 0 spiro atoms. The molecule has 142 valence electrons. The van der Waals surface area contributed by atoms with Crippen molar-refractivity contribution in [1.29, 1.82) is 0 Å². The van der Waals surface area contributed by atoms with Crippen molar-refractivity contribution in [2.75, 3.05) is 5.32 Å². The van der Waals surface area contributed by atoms with Gasteiger partial charge in [-0.1, -0.05) is 31.0 Å². The predicted octanol–water partition coefficient (Wildman–Crippen LogP) is 4.50. The topological polar surface area (TPSA) is 70.6 Å². The van der Waals surface area contributed by atoms with Crippen LogP contribution in [-0.2, 0) is 4.79 Å². The number of hydrogen-bond donors (Lipinski definition) is 2. The lowest BCUT2D eigenvalue weighted by atomic mass is 10.0. The summed E-state index contributed by atoms with van der Waals surface area (Å²) in [6.07, 6.45) is 4.02. The molecule has 5 heteroatoms. The summed E-state index contributed by atoms with van der Waals surface area (Å²) >= 11 is 0. The number of amides is 2. The Morgan fingerprint density at radius 2 is 1.67 bits per heavy atom. The first-order valence-corrected chi connectivity index (χ1v) is 9.22. The van der Waals surface area contributed by atoms with Crippen molar-refractivity contribution in [2.45, 2.75) is 47.0 Å². The van der Waals surface area contributed by atoms with Crippen LogP contribution >= 0.6 is 0 Å². The third kappa shape index (κ3) is 6.06. The van der Waals surface area contributed by atoms with Crippen LogP contribution in [0.2, 0.25) is 0 Å². The SMILES string of the molecule is CCCCC(=O)Nc1ccc(C(=O)NN=Cc2c(C)cc(C)cc2C)cc1. The van der Waals surface area contributed by atoms with Crippen molar-refractivity contribution in [1.82, 2.24) is 5.43 Å². The van der Waals surface area contributed by atoms with E-state index in [1.54, 1.807) is 30.5 Å². The Bertz CT molecular complexity index is 816. The number of aryl methyl sites for hydroxylation is 3. The second-order valence-electron chi connectivity index (χ2n) is 6.74. The number of hydrogen-bond acceptors (Lipinski definition) is 3. The maximum Gasteiger partial charge on any atom is 0.271 e. The van der Waals surface area contributed by atoms with E-state index in [4.69, 9.17) is 0 Å². The van der Waals surface area contributed by atoms with E-state index < -0.39 is 0 Å². The van der Waals surface area contributed by atoms with E-state index in [1.807, 2.05) is 20.8 Å². The van der Waals surface area contributed by atoms with Gasteiger partial charge in [0.25, 0.3) is 5.91 Å². The van der Waals surface area contributed by atoms with E-state index in [0.29, 0.717) is 17.7 Å². The van der Waals surface area contributed by atoms with Crippen LogP contribution in [0.4, 0.5) is 5.69 Å². The first-order chi connectivity index (χ1) is 12.9. The van der Waals surface area contributed by atoms with E-state index in [1.165, 1.54) is 5.56 Å². The standard InChI is InChI=1S/C22H27N3O2/c1-5-6-7-21(26)24-19-10-8-18(9-11-19)22(27)25-23-14-20-16(3)12-15(2)13-17(20)4/h8-14H,5-7H2,1-4H3,(H,24,26)(H,25,27). The van der Waals surface area contributed by atoms with Gasteiger partial charge in [-0.15, -0.1) is 0 Å². The van der Waals surface area contributed by atoms with Gasteiger partial charge in [0.2, 0.25) is 5.91 Å². The molecule has 0 fully saturated rings. The summed E-state index contributed by atoms with van der Waals surface area (Å²) < 4.78 is 0. The van der Waals surface area contributed by atoms with Gasteiger partial charge in [-0.25, -0.2) is 5.43 Å². The van der Waals surface area contributed by atoms with Crippen LogP contribution in [-0.4, -0.2) is 18.0 Å². The van der Waals surface area contributed by atoms with Crippen LogP contribution in [0.5, 0.6) is 0 Å². The smallest absolute Gasteiger partial charge is 0.271 e. The number of benzene rings is 2. The third-order valence-electron chi connectivity index (χ3n) is 4.29. The quantitative estimate of drug-likeness (QED) is 0.560. The first-order valence-electron chi connectivity index (χ1n) is 9.22. The lowest BCUT2D eigenvalue weighted by Crippen LogP contribution is -2.18. The van der Waals surface area contributed by atoms with Crippen molar-refractivity contribution in [2.24, 2.45) is 5.10 Å². The Morgan fingerprint density at radius 1 is 1.04 bits per heavy atom. The van der Waals surface area contributed by atoms with E-state index in [9.17, 15) is 9.59 Å². The Balaban J connectivity index is 1.95. The van der Waals surface area contributed by atoms with Gasteiger partial charge in [0.1, 0.15) is 0 Å². The zero-order valence-electron chi connectivity index (χ0n) is 16.4. The molecule has 5 nitrogen and oxygen atoms in total. The van der Waals surface area contributed by atoms with Crippen LogP contribution in [0.15, 0.2) is 41.5 Å². The molecule has 2 aromatic carbocycles.